The first kappa shape index (κ1) is 19.8. The third kappa shape index (κ3) is 13.5. The van der Waals surface area contributed by atoms with Crippen LogP contribution in [0.15, 0.2) is 0 Å². The highest BCUT2D eigenvalue weighted by molar-refractivity contribution is 4.80. The Morgan fingerprint density at radius 3 is 1.61 bits per heavy atom. The molecule has 2 rings (SSSR count). The van der Waals surface area contributed by atoms with Crippen LogP contribution in [0.1, 0.15) is 66.7 Å². The molecule has 2 saturated heterocycles. The minimum atomic E-state index is 0. The van der Waals surface area contributed by atoms with Gasteiger partial charge in [0.15, 0.2) is 0 Å². The van der Waals surface area contributed by atoms with Gasteiger partial charge in [0, 0.05) is 19.6 Å². The van der Waals surface area contributed by atoms with E-state index in [1.807, 2.05) is 6.92 Å². The van der Waals surface area contributed by atoms with E-state index < -0.39 is 0 Å². The van der Waals surface area contributed by atoms with Gasteiger partial charge in [-0.2, -0.15) is 0 Å². The Kier molecular flexibility index (Phi) is 16.0. The second kappa shape index (κ2) is 14.5. The first-order valence-corrected chi connectivity index (χ1v) is 6.87. The predicted molar refractivity (Wildman–Crippen MR) is 79.8 cm³/mol. The molecule has 0 amide bonds. The Morgan fingerprint density at radius 1 is 1.00 bits per heavy atom. The van der Waals surface area contributed by atoms with Crippen LogP contribution in [0.3, 0.4) is 0 Å². The molecule has 0 bridgehead atoms. The first-order valence-electron chi connectivity index (χ1n) is 6.87. The molecule has 2 aliphatic heterocycles. The fourth-order valence-corrected chi connectivity index (χ4v) is 1.64. The third-order valence-electron chi connectivity index (χ3n) is 2.77. The van der Waals surface area contributed by atoms with Crippen molar-refractivity contribution in [3.63, 3.8) is 0 Å². The van der Waals surface area contributed by atoms with Gasteiger partial charge in [0.25, 0.3) is 0 Å². The molecule has 2 nitrogen and oxygen atoms in total. The van der Waals surface area contributed by atoms with Crippen LogP contribution < -0.4 is 0 Å². The molecular weight excluding hydrogens is 224 g/mol. The highest BCUT2D eigenvalue weighted by Crippen LogP contribution is 2.10. The summed E-state index contributed by atoms with van der Waals surface area (Å²) in [5.74, 6) is 2.43. The van der Waals surface area contributed by atoms with E-state index in [0.717, 1.165) is 19.6 Å². The lowest BCUT2D eigenvalue weighted by atomic mass is 10.1. The summed E-state index contributed by atoms with van der Waals surface area (Å²) in [5.41, 5.74) is 0. The molecular formula is C16H32O2. The highest BCUT2D eigenvalue weighted by Gasteiger charge is 2.07. The summed E-state index contributed by atoms with van der Waals surface area (Å²) in [6.45, 7) is 8.18. The lowest BCUT2D eigenvalue weighted by Crippen LogP contribution is -2.14. The number of ether oxygens (including phenoxy) is 2. The molecule has 0 N–H and O–H groups in total. The van der Waals surface area contributed by atoms with Gasteiger partial charge in [0.2, 0.25) is 0 Å². The van der Waals surface area contributed by atoms with Crippen molar-refractivity contribution in [2.75, 3.05) is 13.2 Å². The summed E-state index contributed by atoms with van der Waals surface area (Å²) >= 11 is 0. The van der Waals surface area contributed by atoms with Gasteiger partial charge in [-0.25, -0.2) is 0 Å². The largest absolute Gasteiger partial charge is 0.379 e. The maximum Gasteiger partial charge on any atom is 0.0547 e. The van der Waals surface area contributed by atoms with Gasteiger partial charge >= 0.3 is 0 Å². The highest BCUT2D eigenvalue weighted by atomic mass is 16.5. The molecule has 0 saturated carbocycles. The van der Waals surface area contributed by atoms with Crippen molar-refractivity contribution in [2.45, 2.75) is 78.9 Å². The van der Waals surface area contributed by atoms with Gasteiger partial charge in [-0.05, 0) is 46.0 Å². The Morgan fingerprint density at radius 2 is 1.44 bits per heavy atom. The van der Waals surface area contributed by atoms with Crippen LogP contribution in [0.5, 0.6) is 0 Å². The summed E-state index contributed by atoms with van der Waals surface area (Å²) in [6.07, 6.45) is 13.1. The molecule has 0 aromatic rings. The van der Waals surface area contributed by atoms with Gasteiger partial charge in [-0.3, -0.25) is 0 Å². The number of hydrogen-bond acceptors (Lipinski definition) is 2. The normalized spacial score (nSPS) is 25.4. The molecule has 0 aromatic heterocycles. The van der Waals surface area contributed by atoms with Crippen molar-refractivity contribution >= 4 is 0 Å². The van der Waals surface area contributed by atoms with E-state index in [0.29, 0.717) is 12.2 Å². The first-order chi connectivity index (χ1) is 8.20. The minimum absolute atomic E-state index is 0. The molecule has 2 aliphatic rings. The molecule has 2 heteroatoms. The smallest absolute Gasteiger partial charge is 0.0547 e. The lowest BCUT2D eigenvalue weighted by molar-refractivity contribution is 0.0285. The standard InChI is InChI=1S/C6H12O.C5H10O.C4H6.CH4/c1-6-4-2-3-5-7-6;1-5-3-2-4-6-5;1-3-4-2;/h6H,2-5H2,1H3;5H,2-4H2,1H3;1H,4H2,2H3;1H4. The van der Waals surface area contributed by atoms with Crippen LogP contribution >= 0.6 is 0 Å². The van der Waals surface area contributed by atoms with E-state index in [9.17, 15) is 0 Å². The molecule has 0 aliphatic carbocycles. The monoisotopic (exact) mass is 256 g/mol. The van der Waals surface area contributed by atoms with Crippen molar-refractivity contribution in [3.8, 4) is 12.3 Å². The Bertz CT molecular complexity index is 184. The van der Waals surface area contributed by atoms with Crippen LogP contribution in [0.2, 0.25) is 0 Å². The van der Waals surface area contributed by atoms with Gasteiger partial charge in [0.05, 0.1) is 12.2 Å². The van der Waals surface area contributed by atoms with Crippen molar-refractivity contribution in [1.29, 1.82) is 0 Å². The van der Waals surface area contributed by atoms with Crippen LogP contribution in [-0.2, 0) is 9.47 Å². The summed E-state index contributed by atoms with van der Waals surface area (Å²) in [5, 5.41) is 0. The van der Waals surface area contributed by atoms with Gasteiger partial charge in [-0.1, -0.05) is 14.4 Å². The summed E-state index contributed by atoms with van der Waals surface area (Å²) in [7, 11) is 0. The summed E-state index contributed by atoms with van der Waals surface area (Å²) in [6, 6.07) is 0. The van der Waals surface area contributed by atoms with E-state index in [1.54, 1.807) is 0 Å². The summed E-state index contributed by atoms with van der Waals surface area (Å²) in [4.78, 5) is 0. The number of terminal acetylenes is 1. The minimum Gasteiger partial charge on any atom is -0.379 e. The second-order valence-electron chi connectivity index (χ2n) is 4.56. The van der Waals surface area contributed by atoms with Crippen LogP contribution in [0.25, 0.3) is 0 Å². The Labute approximate surface area is 114 Å². The zero-order valence-electron chi connectivity index (χ0n) is 11.7. The lowest BCUT2D eigenvalue weighted by Gasteiger charge is -2.17. The number of hydrogen-bond donors (Lipinski definition) is 0. The predicted octanol–water partition coefficient (Wildman–Crippen LogP) is 4.43. The average Bonchev–Trinajstić information content (AvgIpc) is 2.82. The molecule has 108 valence electrons. The van der Waals surface area contributed by atoms with E-state index in [-0.39, 0.29) is 7.43 Å². The summed E-state index contributed by atoms with van der Waals surface area (Å²) < 4.78 is 10.4. The van der Waals surface area contributed by atoms with Crippen LogP contribution in [-0.4, -0.2) is 25.4 Å². The van der Waals surface area contributed by atoms with Crippen LogP contribution in [0, 0.1) is 12.3 Å². The molecule has 2 atom stereocenters. The zero-order chi connectivity index (χ0) is 12.9. The number of rotatable bonds is 0. The Balaban J connectivity index is 0. The molecule has 2 fully saturated rings. The fraction of sp³-hybridized carbons (Fsp3) is 0.875. The maximum absolute atomic E-state index is 5.28. The van der Waals surface area contributed by atoms with Crippen molar-refractivity contribution in [2.24, 2.45) is 0 Å². The Hall–Kier alpha value is -0.520. The molecule has 0 radical (unpaired) electrons. The SMILES string of the molecule is C.C#CCC.CC1CCCCO1.CC1CCCO1. The molecule has 2 unspecified atom stereocenters. The molecule has 2 heterocycles. The maximum atomic E-state index is 5.28. The van der Waals surface area contributed by atoms with E-state index in [1.165, 1.54) is 32.1 Å². The third-order valence-corrected chi connectivity index (χ3v) is 2.77. The van der Waals surface area contributed by atoms with Crippen molar-refractivity contribution in [3.05, 3.63) is 0 Å². The van der Waals surface area contributed by atoms with E-state index in [2.05, 4.69) is 19.8 Å². The van der Waals surface area contributed by atoms with Crippen LogP contribution in [0.4, 0.5) is 0 Å². The fourth-order valence-electron chi connectivity index (χ4n) is 1.64. The molecule has 0 spiro atoms. The van der Waals surface area contributed by atoms with Gasteiger partial charge in [-0.15, -0.1) is 12.3 Å². The van der Waals surface area contributed by atoms with Crippen molar-refractivity contribution < 1.29 is 9.47 Å². The van der Waals surface area contributed by atoms with Gasteiger partial charge < -0.3 is 9.47 Å². The zero-order valence-corrected chi connectivity index (χ0v) is 11.7. The quantitative estimate of drug-likeness (QED) is 0.597. The van der Waals surface area contributed by atoms with E-state index >= 15 is 0 Å². The topological polar surface area (TPSA) is 18.5 Å². The molecule has 0 aromatic carbocycles. The van der Waals surface area contributed by atoms with E-state index in [4.69, 9.17) is 15.9 Å². The second-order valence-corrected chi connectivity index (χ2v) is 4.56. The average molecular weight is 256 g/mol. The molecule has 18 heavy (non-hydrogen) atoms. The van der Waals surface area contributed by atoms with Crippen molar-refractivity contribution in [1.82, 2.24) is 0 Å². The van der Waals surface area contributed by atoms with Gasteiger partial charge in [0.1, 0.15) is 0 Å².